The lowest BCUT2D eigenvalue weighted by molar-refractivity contribution is -0.118. The van der Waals surface area contributed by atoms with E-state index in [0.717, 1.165) is 23.2 Å². The van der Waals surface area contributed by atoms with Crippen molar-refractivity contribution >= 4 is 39.8 Å². The van der Waals surface area contributed by atoms with Crippen LogP contribution in [0.25, 0.3) is 11.1 Å². The summed E-state index contributed by atoms with van der Waals surface area (Å²) in [4.78, 5) is 38.0. The van der Waals surface area contributed by atoms with Crippen LogP contribution in [0.3, 0.4) is 0 Å². The number of rotatable bonds is 10. The van der Waals surface area contributed by atoms with Crippen LogP contribution >= 0.6 is 11.3 Å². The maximum absolute atomic E-state index is 12.7. The van der Waals surface area contributed by atoms with Crippen LogP contribution in [0, 0.1) is 0 Å². The van der Waals surface area contributed by atoms with Crippen molar-refractivity contribution in [2.45, 2.75) is 20.3 Å². The van der Waals surface area contributed by atoms with Gasteiger partial charge < -0.3 is 20.1 Å². The fourth-order valence-electron chi connectivity index (χ4n) is 3.85. The van der Waals surface area contributed by atoms with E-state index in [-0.39, 0.29) is 19.1 Å². The molecule has 3 aromatic carbocycles. The van der Waals surface area contributed by atoms with E-state index >= 15 is 0 Å². The molecule has 0 bridgehead atoms. The third kappa shape index (κ3) is 6.46. The van der Waals surface area contributed by atoms with Gasteiger partial charge in [-0.2, -0.15) is 0 Å². The fraction of sp³-hybridized carbons (Fsp3) is 0.167. The minimum absolute atomic E-state index is 0.221. The van der Waals surface area contributed by atoms with Crippen molar-refractivity contribution in [1.29, 1.82) is 0 Å². The second kappa shape index (κ2) is 12.7. The zero-order valence-corrected chi connectivity index (χ0v) is 22.0. The van der Waals surface area contributed by atoms with E-state index in [1.807, 2.05) is 66.9 Å². The van der Waals surface area contributed by atoms with Gasteiger partial charge in [0.2, 0.25) is 0 Å². The first-order valence-electron chi connectivity index (χ1n) is 12.3. The Hall–Kier alpha value is -4.43. The molecule has 194 valence electrons. The van der Waals surface area contributed by atoms with E-state index in [2.05, 4.69) is 10.6 Å². The summed E-state index contributed by atoms with van der Waals surface area (Å²) >= 11 is 1.25. The molecule has 0 saturated heterocycles. The Kier molecular flexibility index (Phi) is 8.89. The predicted octanol–water partition coefficient (Wildman–Crippen LogP) is 6.42. The van der Waals surface area contributed by atoms with E-state index in [4.69, 9.17) is 9.47 Å². The van der Waals surface area contributed by atoms with Gasteiger partial charge in [0, 0.05) is 22.2 Å². The molecular formula is C30H28N2O5S. The van der Waals surface area contributed by atoms with E-state index in [1.54, 1.807) is 31.2 Å². The normalized spacial score (nSPS) is 10.5. The van der Waals surface area contributed by atoms with Gasteiger partial charge in [-0.3, -0.25) is 9.59 Å². The number of anilines is 2. The molecule has 0 aliphatic heterocycles. The molecule has 2 amide bonds. The van der Waals surface area contributed by atoms with Gasteiger partial charge in [-0.25, -0.2) is 4.79 Å². The molecule has 0 unspecified atom stereocenters. The van der Waals surface area contributed by atoms with Gasteiger partial charge in [0.15, 0.2) is 6.61 Å². The number of nitrogens with one attached hydrogen (secondary N) is 2. The highest BCUT2D eigenvalue weighted by Gasteiger charge is 2.23. The van der Waals surface area contributed by atoms with Crippen LogP contribution < -0.4 is 15.4 Å². The predicted molar refractivity (Wildman–Crippen MR) is 150 cm³/mol. The van der Waals surface area contributed by atoms with Crippen LogP contribution in [0.2, 0.25) is 0 Å². The zero-order chi connectivity index (χ0) is 26.9. The number of ether oxygens (including phenoxy) is 2. The van der Waals surface area contributed by atoms with Crippen LogP contribution in [-0.2, 0) is 16.0 Å². The SMILES string of the molecule is CCOC(=O)c1c(-c2ccccc2)csc1NC(=O)COc1ccc(C(=O)Nc2ccccc2CC)cc1. The highest BCUT2D eigenvalue weighted by Crippen LogP contribution is 2.36. The molecule has 1 aromatic heterocycles. The minimum atomic E-state index is -0.501. The molecule has 0 radical (unpaired) electrons. The average Bonchev–Trinajstić information content (AvgIpc) is 3.36. The number of hydrogen-bond donors (Lipinski definition) is 2. The van der Waals surface area contributed by atoms with Crippen LogP contribution in [0.5, 0.6) is 5.75 Å². The number of amides is 2. The standard InChI is InChI=1S/C30H28N2O5S/c1-3-20-10-8-9-13-25(20)31-28(34)22-14-16-23(17-15-22)37-18-26(33)32-29-27(30(35)36-4-2)24(19-38-29)21-11-6-5-7-12-21/h5-17,19H,3-4,18H2,1-2H3,(H,31,34)(H,32,33). The van der Waals surface area contributed by atoms with Crippen molar-refractivity contribution in [3.63, 3.8) is 0 Å². The second-order valence-corrected chi connectivity index (χ2v) is 9.15. The third-order valence-corrected chi connectivity index (χ3v) is 6.64. The van der Waals surface area contributed by atoms with E-state index in [1.165, 1.54) is 11.3 Å². The Morgan fingerprint density at radius 1 is 0.842 bits per heavy atom. The number of esters is 1. The van der Waals surface area contributed by atoms with Crippen LogP contribution in [0.4, 0.5) is 10.7 Å². The summed E-state index contributed by atoms with van der Waals surface area (Å²) < 4.78 is 10.8. The molecule has 4 rings (SSSR count). The van der Waals surface area contributed by atoms with Crippen molar-refractivity contribution in [1.82, 2.24) is 0 Å². The topological polar surface area (TPSA) is 93.7 Å². The molecule has 2 N–H and O–H groups in total. The molecule has 0 saturated carbocycles. The molecule has 0 atom stereocenters. The number of carbonyl (C=O) groups is 3. The Morgan fingerprint density at radius 2 is 1.55 bits per heavy atom. The van der Waals surface area contributed by atoms with Crippen molar-refractivity contribution in [3.8, 4) is 16.9 Å². The molecular weight excluding hydrogens is 500 g/mol. The third-order valence-electron chi connectivity index (χ3n) is 5.74. The van der Waals surface area contributed by atoms with Gasteiger partial charge in [-0.05, 0) is 54.8 Å². The van der Waals surface area contributed by atoms with Crippen LogP contribution in [0.1, 0.15) is 40.1 Å². The first-order valence-corrected chi connectivity index (χ1v) is 13.1. The first-order chi connectivity index (χ1) is 18.5. The lowest BCUT2D eigenvalue weighted by atomic mass is 10.0. The van der Waals surface area contributed by atoms with Crippen molar-refractivity contribution in [2.75, 3.05) is 23.8 Å². The molecule has 38 heavy (non-hydrogen) atoms. The molecule has 7 nitrogen and oxygen atoms in total. The van der Waals surface area contributed by atoms with Gasteiger partial charge in [0.05, 0.1) is 6.61 Å². The van der Waals surface area contributed by atoms with Crippen LogP contribution in [-0.4, -0.2) is 31.0 Å². The van der Waals surface area contributed by atoms with Crippen LogP contribution in [0.15, 0.2) is 84.2 Å². The van der Waals surface area contributed by atoms with Crippen molar-refractivity contribution in [3.05, 3.63) is 101 Å². The van der Waals surface area contributed by atoms with E-state index < -0.39 is 11.9 Å². The molecule has 1 heterocycles. The molecule has 0 aliphatic rings. The first kappa shape index (κ1) is 26.6. The molecule has 0 spiro atoms. The second-order valence-electron chi connectivity index (χ2n) is 8.27. The Morgan fingerprint density at radius 3 is 2.26 bits per heavy atom. The minimum Gasteiger partial charge on any atom is -0.484 e. The number of aryl methyl sites for hydroxylation is 1. The van der Waals surface area contributed by atoms with Gasteiger partial charge in [-0.15, -0.1) is 11.3 Å². The van der Waals surface area contributed by atoms with Crippen molar-refractivity contribution < 1.29 is 23.9 Å². The summed E-state index contributed by atoms with van der Waals surface area (Å²) in [7, 11) is 0. The lowest BCUT2D eigenvalue weighted by Crippen LogP contribution is -2.21. The molecule has 4 aromatic rings. The summed E-state index contributed by atoms with van der Waals surface area (Å²) in [5, 5.41) is 7.92. The largest absolute Gasteiger partial charge is 0.484 e. The quantitative estimate of drug-likeness (QED) is 0.232. The van der Waals surface area contributed by atoms with Gasteiger partial charge >= 0.3 is 5.97 Å². The van der Waals surface area contributed by atoms with Gasteiger partial charge in [0.25, 0.3) is 11.8 Å². The van der Waals surface area contributed by atoms with Crippen molar-refractivity contribution in [2.24, 2.45) is 0 Å². The molecule has 0 aliphatic carbocycles. The number of hydrogen-bond acceptors (Lipinski definition) is 6. The summed E-state index contributed by atoms with van der Waals surface area (Å²) in [5.41, 5.74) is 4.17. The van der Waals surface area contributed by atoms with Gasteiger partial charge in [0.1, 0.15) is 16.3 Å². The summed E-state index contributed by atoms with van der Waals surface area (Å²) in [6, 6.07) is 23.7. The highest BCUT2D eigenvalue weighted by molar-refractivity contribution is 7.15. The van der Waals surface area contributed by atoms with E-state index in [9.17, 15) is 14.4 Å². The maximum Gasteiger partial charge on any atom is 0.341 e. The Labute approximate surface area is 225 Å². The fourth-order valence-corrected chi connectivity index (χ4v) is 4.82. The number of para-hydroxylation sites is 1. The lowest BCUT2D eigenvalue weighted by Gasteiger charge is -2.11. The average molecular weight is 529 g/mol. The number of thiophene rings is 1. The number of carbonyl (C=O) groups excluding carboxylic acids is 3. The zero-order valence-electron chi connectivity index (χ0n) is 21.2. The summed E-state index contributed by atoms with van der Waals surface area (Å²) in [5.74, 6) is -0.713. The smallest absolute Gasteiger partial charge is 0.341 e. The number of benzene rings is 3. The van der Waals surface area contributed by atoms with Gasteiger partial charge in [-0.1, -0.05) is 55.5 Å². The Balaban J connectivity index is 1.38. The monoisotopic (exact) mass is 528 g/mol. The molecule has 8 heteroatoms. The summed E-state index contributed by atoms with van der Waals surface area (Å²) in [6.07, 6.45) is 0.811. The highest BCUT2D eigenvalue weighted by atomic mass is 32.1. The summed E-state index contributed by atoms with van der Waals surface area (Å²) in [6.45, 7) is 3.72. The van der Waals surface area contributed by atoms with E-state index in [0.29, 0.717) is 27.4 Å². The Bertz CT molecular complexity index is 1410. The molecule has 0 fully saturated rings. The maximum atomic E-state index is 12.7.